The fourth-order valence-electron chi connectivity index (χ4n) is 1.40. The number of ether oxygens (including phenoxy) is 1. The van der Waals surface area contributed by atoms with E-state index in [4.69, 9.17) is 5.73 Å². The number of nitrogens with one attached hydrogen (secondary N) is 1. The molecule has 7 heteroatoms. The zero-order chi connectivity index (χ0) is 12.4. The molecule has 1 aliphatic rings. The number of carbonyl (C=O) groups excluding carboxylic acids is 2. The van der Waals surface area contributed by atoms with Gasteiger partial charge in [-0.05, 0) is 18.2 Å². The fraction of sp³-hybridized carbons (Fsp3) is 0.200. The zero-order valence-electron chi connectivity index (χ0n) is 8.60. The first-order valence-electron chi connectivity index (χ1n) is 4.75. The average Bonchev–Trinajstić information content (AvgIpc) is 2.39. The molecular formula is C10H9FN2O3S. The lowest BCUT2D eigenvalue weighted by molar-refractivity contribution is -0.123. The Morgan fingerprint density at radius 1 is 1.59 bits per heavy atom. The molecule has 2 amide bonds. The van der Waals surface area contributed by atoms with Gasteiger partial charge in [-0.3, -0.25) is 4.79 Å². The molecule has 1 unspecified atom stereocenters. The predicted molar refractivity (Wildman–Crippen MR) is 60.2 cm³/mol. The standard InChI is InChI=1S/C10H9FN2O3S/c11-5-1-2-6-8(3-5)17-4-7(9(14)13-6)16-10(12)15/h1-3,7H,4H2,(H2,12,15)(H,13,14). The van der Waals surface area contributed by atoms with Gasteiger partial charge in [0.2, 0.25) is 0 Å². The lowest BCUT2D eigenvalue weighted by atomic mass is 10.3. The molecule has 1 aromatic rings. The van der Waals surface area contributed by atoms with Gasteiger partial charge < -0.3 is 15.8 Å². The summed E-state index contributed by atoms with van der Waals surface area (Å²) in [6, 6.07) is 4.02. The highest BCUT2D eigenvalue weighted by molar-refractivity contribution is 7.99. The maximum atomic E-state index is 13.0. The molecule has 1 aromatic carbocycles. The lowest BCUT2D eigenvalue weighted by Gasteiger charge is -2.11. The number of nitrogens with two attached hydrogens (primary N) is 1. The van der Waals surface area contributed by atoms with E-state index in [-0.39, 0.29) is 11.6 Å². The van der Waals surface area contributed by atoms with E-state index in [9.17, 15) is 14.0 Å². The smallest absolute Gasteiger partial charge is 0.405 e. The van der Waals surface area contributed by atoms with Crippen LogP contribution < -0.4 is 11.1 Å². The molecule has 0 bridgehead atoms. The van der Waals surface area contributed by atoms with E-state index in [0.717, 1.165) is 0 Å². The van der Waals surface area contributed by atoms with Gasteiger partial charge in [-0.25, -0.2) is 9.18 Å². The van der Waals surface area contributed by atoms with Crippen LogP contribution in [0.15, 0.2) is 23.1 Å². The Morgan fingerprint density at radius 2 is 2.35 bits per heavy atom. The molecule has 0 fully saturated rings. The highest BCUT2D eigenvalue weighted by Crippen LogP contribution is 2.31. The van der Waals surface area contributed by atoms with Crippen LogP contribution in [0.3, 0.4) is 0 Å². The summed E-state index contributed by atoms with van der Waals surface area (Å²) < 4.78 is 17.7. The predicted octanol–water partition coefficient (Wildman–Crippen LogP) is 1.33. The van der Waals surface area contributed by atoms with Crippen molar-refractivity contribution in [1.29, 1.82) is 0 Å². The van der Waals surface area contributed by atoms with Crippen molar-refractivity contribution in [2.75, 3.05) is 11.1 Å². The van der Waals surface area contributed by atoms with Gasteiger partial charge in [0.25, 0.3) is 5.91 Å². The molecule has 17 heavy (non-hydrogen) atoms. The van der Waals surface area contributed by atoms with Crippen LogP contribution in [0, 0.1) is 5.82 Å². The number of thioether (sulfide) groups is 1. The third kappa shape index (κ3) is 2.68. The van der Waals surface area contributed by atoms with Crippen molar-refractivity contribution in [2.24, 2.45) is 5.73 Å². The van der Waals surface area contributed by atoms with Crippen molar-refractivity contribution in [3.8, 4) is 0 Å². The van der Waals surface area contributed by atoms with Crippen LogP contribution in [0.2, 0.25) is 0 Å². The minimum atomic E-state index is -1.01. The van der Waals surface area contributed by atoms with Crippen LogP contribution in [0.1, 0.15) is 0 Å². The van der Waals surface area contributed by atoms with Crippen LogP contribution in [-0.2, 0) is 9.53 Å². The van der Waals surface area contributed by atoms with Crippen molar-refractivity contribution in [2.45, 2.75) is 11.0 Å². The molecule has 5 nitrogen and oxygen atoms in total. The molecule has 90 valence electrons. The summed E-state index contributed by atoms with van der Waals surface area (Å²) in [5.74, 6) is -0.660. The highest BCUT2D eigenvalue weighted by atomic mass is 32.2. The van der Waals surface area contributed by atoms with Gasteiger partial charge in [-0.15, -0.1) is 11.8 Å². The van der Waals surface area contributed by atoms with E-state index >= 15 is 0 Å². The molecule has 3 N–H and O–H groups in total. The molecule has 0 saturated carbocycles. The van der Waals surface area contributed by atoms with Crippen LogP contribution in [0.25, 0.3) is 0 Å². The Hall–Kier alpha value is -1.76. The molecular weight excluding hydrogens is 247 g/mol. The summed E-state index contributed by atoms with van der Waals surface area (Å²) in [5.41, 5.74) is 5.35. The van der Waals surface area contributed by atoms with E-state index < -0.39 is 18.1 Å². The first kappa shape index (κ1) is 11.7. The fourth-order valence-corrected chi connectivity index (χ4v) is 2.42. The maximum Gasteiger partial charge on any atom is 0.405 e. The van der Waals surface area contributed by atoms with Crippen LogP contribution in [0.4, 0.5) is 14.9 Å². The molecule has 0 aliphatic carbocycles. The number of benzene rings is 1. The Balaban J connectivity index is 2.22. The number of anilines is 1. The lowest BCUT2D eigenvalue weighted by Crippen LogP contribution is -2.35. The Kier molecular flexibility index (Phi) is 3.19. The van der Waals surface area contributed by atoms with Gasteiger partial charge in [0, 0.05) is 10.6 Å². The van der Waals surface area contributed by atoms with Crippen LogP contribution >= 0.6 is 11.8 Å². The molecule has 2 rings (SSSR count). The summed E-state index contributed by atoms with van der Waals surface area (Å²) in [6.07, 6.45) is -1.98. The van der Waals surface area contributed by atoms with Crippen molar-refractivity contribution >= 4 is 29.4 Å². The number of hydrogen-bond donors (Lipinski definition) is 2. The second-order valence-corrected chi connectivity index (χ2v) is 4.43. The maximum absolute atomic E-state index is 13.0. The van der Waals surface area contributed by atoms with Crippen molar-refractivity contribution in [3.05, 3.63) is 24.0 Å². The Bertz CT molecular complexity index is 481. The van der Waals surface area contributed by atoms with E-state index in [1.165, 1.54) is 30.0 Å². The molecule has 1 atom stereocenters. The Labute approximate surface area is 101 Å². The monoisotopic (exact) mass is 256 g/mol. The van der Waals surface area contributed by atoms with E-state index in [0.29, 0.717) is 10.6 Å². The third-order valence-corrected chi connectivity index (χ3v) is 3.26. The largest absolute Gasteiger partial charge is 0.435 e. The number of amides is 2. The van der Waals surface area contributed by atoms with Gasteiger partial charge in [0.1, 0.15) is 5.82 Å². The van der Waals surface area contributed by atoms with E-state index in [1.807, 2.05) is 0 Å². The molecule has 0 spiro atoms. The van der Waals surface area contributed by atoms with Crippen LogP contribution in [-0.4, -0.2) is 23.9 Å². The first-order chi connectivity index (χ1) is 8.06. The molecule has 0 radical (unpaired) electrons. The number of carbonyl (C=O) groups is 2. The number of fused-ring (bicyclic) bond motifs is 1. The van der Waals surface area contributed by atoms with Gasteiger partial charge in [-0.2, -0.15) is 0 Å². The van der Waals surface area contributed by atoms with Crippen LogP contribution in [0.5, 0.6) is 0 Å². The molecule has 1 heterocycles. The summed E-state index contributed by atoms with van der Waals surface area (Å²) >= 11 is 1.22. The third-order valence-electron chi connectivity index (χ3n) is 2.14. The van der Waals surface area contributed by atoms with E-state index in [2.05, 4.69) is 10.1 Å². The van der Waals surface area contributed by atoms with Gasteiger partial charge in [-0.1, -0.05) is 0 Å². The molecule has 0 aromatic heterocycles. The van der Waals surface area contributed by atoms with Crippen molar-refractivity contribution < 1.29 is 18.7 Å². The minimum Gasteiger partial charge on any atom is -0.435 e. The number of hydrogen-bond acceptors (Lipinski definition) is 4. The van der Waals surface area contributed by atoms with Gasteiger partial charge in [0.15, 0.2) is 6.10 Å². The van der Waals surface area contributed by atoms with Gasteiger partial charge in [0.05, 0.1) is 5.69 Å². The summed E-state index contributed by atoms with van der Waals surface area (Å²) in [4.78, 5) is 22.8. The Morgan fingerprint density at radius 3 is 3.06 bits per heavy atom. The first-order valence-corrected chi connectivity index (χ1v) is 5.74. The van der Waals surface area contributed by atoms with Crippen molar-refractivity contribution in [3.63, 3.8) is 0 Å². The summed E-state index contributed by atoms with van der Waals surface area (Å²) in [5, 5.41) is 2.55. The second kappa shape index (κ2) is 4.62. The quantitative estimate of drug-likeness (QED) is 0.794. The SMILES string of the molecule is NC(=O)OC1CSc2cc(F)ccc2NC1=O. The molecule has 1 aliphatic heterocycles. The summed E-state index contributed by atoms with van der Waals surface area (Å²) in [6.45, 7) is 0. The zero-order valence-corrected chi connectivity index (χ0v) is 9.42. The topological polar surface area (TPSA) is 81.4 Å². The van der Waals surface area contributed by atoms with Crippen molar-refractivity contribution in [1.82, 2.24) is 0 Å². The number of primary amides is 1. The average molecular weight is 256 g/mol. The normalized spacial score (nSPS) is 18.9. The second-order valence-electron chi connectivity index (χ2n) is 3.37. The number of halogens is 1. The highest BCUT2D eigenvalue weighted by Gasteiger charge is 2.26. The number of rotatable bonds is 1. The minimum absolute atomic E-state index is 0.200. The molecule has 0 saturated heterocycles. The van der Waals surface area contributed by atoms with E-state index in [1.54, 1.807) is 0 Å². The van der Waals surface area contributed by atoms with Gasteiger partial charge >= 0.3 is 6.09 Å². The summed E-state index contributed by atoms with van der Waals surface area (Å²) in [7, 11) is 0.